The van der Waals surface area contributed by atoms with E-state index in [1.54, 1.807) is 46.1 Å². The van der Waals surface area contributed by atoms with Gasteiger partial charge in [-0.25, -0.2) is 22.9 Å². The van der Waals surface area contributed by atoms with E-state index in [9.17, 15) is 13.2 Å². The van der Waals surface area contributed by atoms with Crippen molar-refractivity contribution in [3.8, 4) is 17.1 Å². The lowest BCUT2D eigenvalue weighted by Gasteiger charge is -2.11. The maximum absolute atomic E-state index is 12.6. The molecule has 2 aromatic carbocycles. The third kappa shape index (κ3) is 3.26. The van der Waals surface area contributed by atoms with Gasteiger partial charge in [-0.15, -0.1) is 0 Å². The highest BCUT2D eigenvalue weighted by molar-refractivity contribution is 7.89. The van der Waals surface area contributed by atoms with Gasteiger partial charge in [0.15, 0.2) is 0 Å². The minimum Gasteiger partial charge on any atom is -0.295 e. The Morgan fingerprint density at radius 3 is 2.43 bits per heavy atom. The predicted octanol–water partition coefficient (Wildman–Crippen LogP) is 2.40. The number of nitrogens with zero attached hydrogens (tertiary/aromatic N) is 6. The molecule has 1 fully saturated rings. The highest BCUT2D eigenvalue weighted by Crippen LogP contribution is 2.44. The van der Waals surface area contributed by atoms with Crippen LogP contribution in [0.25, 0.3) is 39.1 Å². The normalized spacial score (nSPS) is 14.4. The van der Waals surface area contributed by atoms with E-state index in [2.05, 4.69) is 4.72 Å². The summed E-state index contributed by atoms with van der Waals surface area (Å²) in [5, 5.41) is 4.71. The van der Waals surface area contributed by atoms with Gasteiger partial charge < -0.3 is 0 Å². The smallest absolute Gasteiger partial charge is 0.295 e. The fraction of sp³-hybridized carbons (Fsp3) is 0.292. The number of fused-ring (bicyclic) bond motifs is 2. The van der Waals surface area contributed by atoms with E-state index < -0.39 is 10.0 Å². The molecule has 6 rings (SSSR count). The van der Waals surface area contributed by atoms with Crippen LogP contribution in [0.1, 0.15) is 24.5 Å². The van der Waals surface area contributed by atoms with E-state index in [0.717, 1.165) is 40.8 Å². The molecule has 0 spiro atoms. The molecule has 10 nitrogen and oxygen atoms in total. The van der Waals surface area contributed by atoms with Crippen LogP contribution in [0.4, 0.5) is 0 Å². The van der Waals surface area contributed by atoms with E-state index in [0.29, 0.717) is 22.8 Å². The number of imidazole rings is 2. The molecule has 35 heavy (non-hydrogen) atoms. The SMILES string of the molecule is CNS(=O)(=O)c1ccc2nc(-c3cn(C)nc3C3CC3)n(-c3ccc4c(c3)n(C)c(=O)n4C)c2c1. The molecule has 1 aliphatic rings. The van der Waals surface area contributed by atoms with Crippen LogP contribution in [0.15, 0.2) is 52.3 Å². The molecule has 1 N–H and O–H groups in total. The summed E-state index contributed by atoms with van der Waals surface area (Å²) in [6.07, 6.45) is 4.15. The average Bonchev–Trinajstić information content (AvgIpc) is 3.47. The third-order valence-electron chi connectivity index (χ3n) is 6.78. The maximum atomic E-state index is 12.6. The Kier molecular flexibility index (Phi) is 4.61. The first-order chi connectivity index (χ1) is 16.7. The summed E-state index contributed by atoms with van der Waals surface area (Å²) >= 11 is 0. The van der Waals surface area contributed by atoms with Crippen molar-refractivity contribution in [3.63, 3.8) is 0 Å². The van der Waals surface area contributed by atoms with E-state index >= 15 is 0 Å². The number of nitrogens with one attached hydrogen (secondary N) is 1. The molecule has 1 saturated carbocycles. The Labute approximate surface area is 201 Å². The summed E-state index contributed by atoms with van der Waals surface area (Å²) in [6, 6.07) is 10.7. The molecule has 5 aromatic rings. The van der Waals surface area contributed by atoms with Crippen LogP contribution < -0.4 is 10.4 Å². The van der Waals surface area contributed by atoms with Gasteiger partial charge in [-0.3, -0.25) is 18.4 Å². The molecule has 180 valence electrons. The summed E-state index contributed by atoms with van der Waals surface area (Å²) in [5.74, 6) is 1.09. The molecule has 0 bridgehead atoms. The number of aryl methyl sites for hydroxylation is 3. The van der Waals surface area contributed by atoms with E-state index in [-0.39, 0.29) is 10.6 Å². The molecular weight excluding hydrogens is 466 g/mol. The zero-order valence-corrected chi connectivity index (χ0v) is 20.7. The molecule has 11 heteroatoms. The number of aromatic nitrogens is 6. The van der Waals surface area contributed by atoms with Gasteiger partial charge in [-0.05, 0) is 56.3 Å². The monoisotopic (exact) mass is 491 g/mol. The Hall–Kier alpha value is -3.70. The Balaban J connectivity index is 1.70. The molecular formula is C24H25N7O3S. The molecule has 0 saturated heterocycles. The van der Waals surface area contributed by atoms with Gasteiger partial charge in [0.1, 0.15) is 5.82 Å². The first kappa shape index (κ1) is 21.8. The third-order valence-corrected chi connectivity index (χ3v) is 8.19. The summed E-state index contributed by atoms with van der Waals surface area (Å²) in [7, 11) is 3.12. The lowest BCUT2D eigenvalue weighted by molar-refractivity contribution is 0.588. The number of benzene rings is 2. The van der Waals surface area contributed by atoms with Gasteiger partial charge in [0.05, 0.1) is 38.2 Å². The topological polar surface area (TPSA) is 109 Å². The molecule has 1 aliphatic carbocycles. The van der Waals surface area contributed by atoms with Crippen molar-refractivity contribution in [1.29, 1.82) is 0 Å². The van der Waals surface area contributed by atoms with Crippen LogP contribution in [-0.2, 0) is 31.2 Å². The van der Waals surface area contributed by atoms with Crippen LogP contribution in [0.5, 0.6) is 0 Å². The number of hydrogen-bond donors (Lipinski definition) is 1. The molecule has 0 atom stereocenters. The van der Waals surface area contributed by atoms with Crippen molar-refractivity contribution >= 4 is 32.1 Å². The minimum atomic E-state index is -3.65. The predicted molar refractivity (Wildman–Crippen MR) is 133 cm³/mol. The van der Waals surface area contributed by atoms with Gasteiger partial charge >= 0.3 is 5.69 Å². The van der Waals surface area contributed by atoms with Crippen molar-refractivity contribution in [1.82, 2.24) is 33.2 Å². The highest BCUT2D eigenvalue weighted by atomic mass is 32.2. The quantitative estimate of drug-likeness (QED) is 0.406. The van der Waals surface area contributed by atoms with Crippen LogP contribution in [-0.4, -0.2) is 43.9 Å². The van der Waals surface area contributed by atoms with Crippen LogP contribution in [0.3, 0.4) is 0 Å². The second-order valence-electron chi connectivity index (χ2n) is 9.08. The Morgan fingerprint density at radius 1 is 0.971 bits per heavy atom. The number of sulfonamides is 1. The average molecular weight is 492 g/mol. The lowest BCUT2D eigenvalue weighted by Crippen LogP contribution is -2.19. The fourth-order valence-corrected chi connectivity index (χ4v) is 5.50. The van der Waals surface area contributed by atoms with E-state index in [4.69, 9.17) is 10.1 Å². The lowest BCUT2D eigenvalue weighted by atomic mass is 10.1. The van der Waals surface area contributed by atoms with Crippen molar-refractivity contribution in [2.24, 2.45) is 21.1 Å². The van der Waals surface area contributed by atoms with E-state index in [1.165, 1.54) is 7.05 Å². The first-order valence-corrected chi connectivity index (χ1v) is 12.8. The second kappa shape index (κ2) is 7.40. The minimum absolute atomic E-state index is 0.112. The molecule has 0 unspecified atom stereocenters. The molecule has 0 aliphatic heterocycles. The zero-order chi connectivity index (χ0) is 24.6. The van der Waals surface area contributed by atoms with Crippen molar-refractivity contribution in [2.45, 2.75) is 23.7 Å². The summed E-state index contributed by atoms with van der Waals surface area (Å²) in [5.41, 5.74) is 5.50. The summed E-state index contributed by atoms with van der Waals surface area (Å²) in [6.45, 7) is 0. The van der Waals surface area contributed by atoms with Crippen molar-refractivity contribution < 1.29 is 8.42 Å². The molecule has 3 aromatic heterocycles. The molecule has 0 radical (unpaired) electrons. The zero-order valence-electron chi connectivity index (χ0n) is 19.8. The largest absolute Gasteiger partial charge is 0.328 e. The first-order valence-electron chi connectivity index (χ1n) is 11.4. The molecule has 3 heterocycles. The summed E-state index contributed by atoms with van der Waals surface area (Å²) in [4.78, 5) is 17.6. The Morgan fingerprint density at radius 2 is 1.71 bits per heavy atom. The molecule has 0 amide bonds. The van der Waals surface area contributed by atoms with Gasteiger partial charge in [-0.1, -0.05) is 0 Å². The van der Waals surface area contributed by atoms with Gasteiger partial charge in [-0.2, -0.15) is 5.10 Å². The van der Waals surface area contributed by atoms with Gasteiger partial charge in [0.2, 0.25) is 10.0 Å². The number of rotatable bonds is 5. The standard InChI is InChI=1S/C24H25N7O3S/c1-25-35(33,34)16-8-9-18-20(12-16)31(15-7-10-19-21(11-15)30(4)24(32)29(19)3)23(26-18)17-13-28(2)27-22(17)14-5-6-14/h7-14,25H,5-6H2,1-4H3. The fourth-order valence-electron chi connectivity index (χ4n) is 4.75. The van der Waals surface area contributed by atoms with Crippen molar-refractivity contribution in [3.05, 3.63) is 58.8 Å². The van der Waals surface area contributed by atoms with Crippen molar-refractivity contribution in [2.75, 3.05) is 7.05 Å². The van der Waals surface area contributed by atoms with Crippen LogP contribution >= 0.6 is 0 Å². The number of hydrogen-bond acceptors (Lipinski definition) is 5. The maximum Gasteiger partial charge on any atom is 0.328 e. The highest BCUT2D eigenvalue weighted by Gasteiger charge is 2.31. The van der Waals surface area contributed by atoms with Gasteiger partial charge in [0.25, 0.3) is 0 Å². The van der Waals surface area contributed by atoms with Crippen LogP contribution in [0, 0.1) is 0 Å². The Bertz CT molecular complexity index is 1820. The van der Waals surface area contributed by atoms with Gasteiger partial charge in [0, 0.05) is 38.9 Å². The van der Waals surface area contributed by atoms with E-state index in [1.807, 2.05) is 36.0 Å². The summed E-state index contributed by atoms with van der Waals surface area (Å²) < 4.78 is 34.5. The second-order valence-corrected chi connectivity index (χ2v) is 11.0. The van der Waals surface area contributed by atoms with Crippen LogP contribution in [0.2, 0.25) is 0 Å².